The molecule has 2 aliphatic heterocycles. The molecule has 1 aromatic carbocycles. The molecule has 270 valence electrons. The number of aliphatic hydroxyl groups is 1. The Bertz CT molecular complexity index is 1310. The number of carbonyl (C=O) groups is 4. The number of nitrogens with one attached hydrogen (secondary N) is 1. The van der Waals surface area contributed by atoms with E-state index in [1.54, 1.807) is 12.2 Å². The van der Waals surface area contributed by atoms with Crippen molar-refractivity contribution in [3.8, 4) is 0 Å². The van der Waals surface area contributed by atoms with Gasteiger partial charge in [-0.3, -0.25) is 9.59 Å². The van der Waals surface area contributed by atoms with Crippen LogP contribution in [0.2, 0.25) is 0 Å². The van der Waals surface area contributed by atoms with Crippen LogP contribution in [0.15, 0.2) is 66.5 Å². The molecule has 0 aliphatic carbocycles. The van der Waals surface area contributed by atoms with Crippen molar-refractivity contribution >= 4 is 24.1 Å². The Hall–Kier alpha value is -3.80. The Labute approximate surface area is 290 Å². The zero-order chi connectivity index (χ0) is 35.9. The molecule has 2 heterocycles. The summed E-state index contributed by atoms with van der Waals surface area (Å²) < 4.78 is 23.5. The summed E-state index contributed by atoms with van der Waals surface area (Å²) in [5, 5.41) is 13.9. The second-order valence-corrected chi connectivity index (χ2v) is 13.4. The lowest BCUT2D eigenvalue weighted by molar-refractivity contribution is -0.227. The molecule has 0 radical (unpaired) electrons. The SMILES string of the molecule is CC[C@H]1OC(=O)CC[C@H](C)[C@@H](OC2OC=CC(N(C)C)C2O)[C@@H](CC=O)C[C@@H](C)C(=O)/C=C/C(C)=C/[C@@H]1CNC(=O)OCc1ccccc1. The van der Waals surface area contributed by atoms with E-state index in [0.717, 1.165) is 17.4 Å². The first-order valence-corrected chi connectivity index (χ1v) is 17.2. The minimum atomic E-state index is -1.01. The van der Waals surface area contributed by atoms with Crippen molar-refractivity contribution in [3.63, 3.8) is 0 Å². The van der Waals surface area contributed by atoms with Crippen LogP contribution in [0.1, 0.15) is 65.4 Å². The molecule has 0 fully saturated rings. The van der Waals surface area contributed by atoms with Crippen LogP contribution in [0.25, 0.3) is 0 Å². The molecule has 1 aromatic rings. The van der Waals surface area contributed by atoms with Gasteiger partial charge in [0, 0.05) is 31.2 Å². The minimum Gasteiger partial charge on any atom is -0.470 e. The summed E-state index contributed by atoms with van der Waals surface area (Å²) in [5.41, 5.74) is 1.62. The molecule has 2 N–H and O–H groups in total. The van der Waals surface area contributed by atoms with E-state index in [1.165, 1.54) is 12.3 Å². The highest BCUT2D eigenvalue weighted by molar-refractivity contribution is 5.91. The molecule has 1 amide bonds. The molecule has 0 bridgehead atoms. The maximum Gasteiger partial charge on any atom is 0.407 e. The maximum absolute atomic E-state index is 13.3. The van der Waals surface area contributed by atoms with Crippen molar-refractivity contribution in [2.24, 2.45) is 23.7 Å². The molecule has 11 heteroatoms. The molecular weight excluding hydrogens is 628 g/mol. The third kappa shape index (κ3) is 12.5. The summed E-state index contributed by atoms with van der Waals surface area (Å²) in [6.45, 7) is 7.78. The summed E-state index contributed by atoms with van der Waals surface area (Å²) in [5.74, 6) is -1.97. The van der Waals surface area contributed by atoms with Crippen LogP contribution < -0.4 is 5.32 Å². The number of ether oxygens (including phenoxy) is 4. The Balaban J connectivity index is 1.83. The van der Waals surface area contributed by atoms with E-state index in [2.05, 4.69) is 5.32 Å². The smallest absolute Gasteiger partial charge is 0.407 e. The fourth-order valence-electron chi connectivity index (χ4n) is 6.33. The molecule has 0 saturated carbocycles. The number of aliphatic hydroxyl groups excluding tert-OH is 1. The Morgan fingerprint density at radius 3 is 2.55 bits per heavy atom. The topological polar surface area (TPSA) is 141 Å². The minimum absolute atomic E-state index is 0.0794. The summed E-state index contributed by atoms with van der Waals surface area (Å²) in [6, 6.07) is 9.01. The van der Waals surface area contributed by atoms with Gasteiger partial charge in [0.15, 0.2) is 5.78 Å². The average molecular weight is 683 g/mol. The predicted octanol–water partition coefficient (Wildman–Crippen LogP) is 5.13. The van der Waals surface area contributed by atoms with Gasteiger partial charge in [0.2, 0.25) is 6.29 Å². The summed E-state index contributed by atoms with van der Waals surface area (Å²) >= 11 is 0. The highest BCUT2D eigenvalue weighted by Gasteiger charge is 2.39. The van der Waals surface area contributed by atoms with Crippen LogP contribution in [-0.2, 0) is 39.9 Å². The quantitative estimate of drug-likeness (QED) is 0.252. The molecular formula is C38H54N2O9. The number of cyclic esters (lactones) is 1. The molecule has 9 atom stereocenters. The van der Waals surface area contributed by atoms with E-state index < -0.39 is 48.5 Å². The van der Waals surface area contributed by atoms with E-state index in [9.17, 15) is 24.3 Å². The largest absolute Gasteiger partial charge is 0.470 e. The zero-order valence-electron chi connectivity index (χ0n) is 29.7. The van der Waals surface area contributed by atoms with Crippen molar-refractivity contribution < 1.29 is 43.2 Å². The molecule has 0 saturated heterocycles. The zero-order valence-corrected chi connectivity index (χ0v) is 29.7. The van der Waals surface area contributed by atoms with Gasteiger partial charge >= 0.3 is 12.1 Å². The summed E-state index contributed by atoms with van der Waals surface area (Å²) in [6.07, 6.45) is 6.85. The van der Waals surface area contributed by atoms with Crippen LogP contribution in [0.5, 0.6) is 0 Å². The molecule has 11 nitrogen and oxygen atoms in total. The molecule has 3 rings (SSSR count). The van der Waals surface area contributed by atoms with Crippen LogP contribution >= 0.6 is 0 Å². The van der Waals surface area contributed by atoms with Gasteiger partial charge in [-0.05, 0) is 69.8 Å². The van der Waals surface area contributed by atoms with E-state index in [0.29, 0.717) is 19.3 Å². The third-order valence-corrected chi connectivity index (χ3v) is 9.22. The van der Waals surface area contributed by atoms with Crippen molar-refractivity contribution in [2.75, 3.05) is 20.6 Å². The number of amides is 1. The number of alkyl carbamates (subject to hydrolysis) is 1. The fourth-order valence-corrected chi connectivity index (χ4v) is 6.33. The number of benzene rings is 1. The van der Waals surface area contributed by atoms with Gasteiger partial charge in [0.05, 0.1) is 18.4 Å². The van der Waals surface area contributed by atoms with Crippen LogP contribution in [-0.4, -0.2) is 85.4 Å². The normalized spacial score (nSPS) is 31.9. The van der Waals surface area contributed by atoms with Crippen molar-refractivity contribution in [2.45, 2.75) is 97.0 Å². The number of rotatable bonds is 10. The van der Waals surface area contributed by atoms with Crippen molar-refractivity contribution in [3.05, 3.63) is 72.0 Å². The number of hydrogen-bond donors (Lipinski definition) is 2. The van der Waals surface area contributed by atoms with E-state index in [4.69, 9.17) is 18.9 Å². The van der Waals surface area contributed by atoms with Gasteiger partial charge in [-0.1, -0.05) is 68.8 Å². The lowest BCUT2D eigenvalue weighted by Crippen LogP contribution is -2.50. The summed E-state index contributed by atoms with van der Waals surface area (Å²) in [4.78, 5) is 53.0. The number of aldehydes is 1. The lowest BCUT2D eigenvalue weighted by atomic mass is 9.80. The van der Waals surface area contributed by atoms with E-state index >= 15 is 0 Å². The van der Waals surface area contributed by atoms with E-state index in [1.807, 2.05) is 83.1 Å². The highest BCUT2D eigenvalue weighted by atomic mass is 16.7. The Kier molecular flexibility index (Phi) is 16.2. The first kappa shape index (κ1) is 39.6. The van der Waals surface area contributed by atoms with Gasteiger partial charge < -0.3 is 39.1 Å². The maximum atomic E-state index is 13.3. The summed E-state index contributed by atoms with van der Waals surface area (Å²) in [7, 11) is 3.69. The fraction of sp³-hybridized carbons (Fsp3) is 0.579. The third-order valence-electron chi connectivity index (χ3n) is 9.22. The second-order valence-electron chi connectivity index (χ2n) is 13.4. The molecule has 0 spiro atoms. The molecule has 2 aliphatic rings. The van der Waals surface area contributed by atoms with E-state index in [-0.39, 0.29) is 49.7 Å². The Morgan fingerprint density at radius 2 is 1.88 bits per heavy atom. The molecule has 3 unspecified atom stereocenters. The lowest BCUT2D eigenvalue weighted by Gasteiger charge is -2.39. The number of allylic oxidation sites excluding steroid dienone is 3. The van der Waals surface area contributed by atoms with Gasteiger partial charge in [0.1, 0.15) is 25.1 Å². The number of likely N-dealkylation sites (N-methyl/N-ethyl adjacent to an activating group) is 1. The average Bonchev–Trinajstić information content (AvgIpc) is 3.08. The second kappa shape index (κ2) is 20.0. The van der Waals surface area contributed by atoms with Crippen LogP contribution in [0.4, 0.5) is 4.79 Å². The first-order valence-electron chi connectivity index (χ1n) is 17.2. The predicted molar refractivity (Wildman–Crippen MR) is 185 cm³/mol. The van der Waals surface area contributed by atoms with Crippen LogP contribution in [0, 0.1) is 23.7 Å². The number of carbonyl (C=O) groups excluding carboxylic acids is 4. The van der Waals surface area contributed by atoms with Gasteiger partial charge in [-0.15, -0.1) is 0 Å². The van der Waals surface area contributed by atoms with Gasteiger partial charge in [-0.25, -0.2) is 4.79 Å². The standard InChI is InChI=1S/C38H54N2O9/c1-7-33-30(23-39-38(45)47-24-28-11-9-8-10-12-28)21-25(2)13-15-32(42)27(4)22-29(17-19-41)36(26(3)14-16-34(43)48-33)49-37-35(44)31(40(5)6)18-20-46-37/h8-13,15,18-21,26-27,29-31,33,35-37,44H,7,14,16-17,22-24H2,1-6H3,(H,39,45)/b15-13+,25-21+/t26-,27+,29-,30+,31?,33+,35?,36+,37?/m0/s1. The van der Waals surface area contributed by atoms with Gasteiger partial charge in [0.25, 0.3) is 0 Å². The monoisotopic (exact) mass is 682 g/mol. The number of ketones is 1. The van der Waals surface area contributed by atoms with Crippen molar-refractivity contribution in [1.82, 2.24) is 10.2 Å². The van der Waals surface area contributed by atoms with Gasteiger partial charge in [-0.2, -0.15) is 0 Å². The number of hydrogen-bond acceptors (Lipinski definition) is 10. The molecule has 49 heavy (non-hydrogen) atoms. The van der Waals surface area contributed by atoms with Crippen molar-refractivity contribution in [1.29, 1.82) is 0 Å². The molecule has 0 aromatic heterocycles. The number of esters is 1. The van der Waals surface area contributed by atoms with Crippen LogP contribution in [0.3, 0.4) is 0 Å². The first-order chi connectivity index (χ1) is 23.4. The Morgan fingerprint density at radius 1 is 1.14 bits per heavy atom. The number of nitrogens with zero attached hydrogens (tertiary/aromatic N) is 1. The highest BCUT2D eigenvalue weighted by Crippen LogP contribution is 2.32.